The monoisotopic (exact) mass is 321 g/mol. The topological polar surface area (TPSA) is 32.3 Å². The molecule has 1 atom stereocenters. The molecule has 1 aromatic carbocycles. The summed E-state index contributed by atoms with van der Waals surface area (Å²) in [5.41, 5.74) is -0.327. The zero-order chi connectivity index (χ0) is 16.0. The minimum atomic E-state index is -4.36. The zero-order valence-electron chi connectivity index (χ0n) is 12.5. The molecule has 120 valence electrons. The molecule has 0 saturated carbocycles. The number of hydrogen-bond donors (Lipinski definition) is 2. The smallest absolute Gasteiger partial charge is 0.396 e. The first-order chi connectivity index (χ1) is 9.74. The Morgan fingerprint density at radius 2 is 1.90 bits per heavy atom. The van der Waals surface area contributed by atoms with Crippen LogP contribution in [0.25, 0.3) is 0 Å². The first-order valence-electron chi connectivity index (χ1n) is 6.95. The van der Waals surface area contributed by atoms with E-state index in [0.717, 1.165) is 0 Å². The van der Waals surface area contributed by atoms with Crippen molar-refractivity contribution in [1.29, 1.82) is 0 Å². The second kappa shape index (κ2) is 8.06. The fourth-order valence-corrected chi connectivity index (χ4v) is 2.85. The van der Waals surface area contributed by atoms with Gasteiger partial charge in [-0.1, -0.05) is 26.8 Å². The van der Waals surface area contributed by atoms with E-state index in [4.69, 9.17) is 5.11 Å². The van der Waals surface area contributed by atoms with Gasteiger partial charge in [0, 0.05) is 29.3 Å². The van der Waals surface area contributed by atoms with Crippen molar-refractivity contribution >= 4 is 11.8 Å². The number of aliphatic hydroxyl groups is 1. The Hall–Kier alpha value is -0.720. The number of rotatable bonds is 7. The lowest BCUT2D eigenvalue weighted by Gasteiger charge is -2.17. The van der Waals surface area contributed by atoms with Crippen LogP contribution in [0.2, 0.25) is 0 Å². The van der Waals surface area contributed by atoms with Gasteiger partial charge < -0.3 is 10.4 Å². The van der Waals surface area contributed by atoms with Gasteiger partial charge in [0.1, 0.15) is 0 Å². The summed E-state index contributed by atoms with van der Waals surface area (Å²) in [4.78, 5) is 0.580. The molecule has 2 nitrogen and oxygen atoms in total. The van der Waals surface area contributed by atoms with Crippen LogP contribution in [0.15, 0.2) is 23.1 Å². The van der Waals surface area contributed by atoms with Crippen LogP contribution in [0.1, 0.15) is 38.3 Å². The summed E-state index contributed by atoms with van der Waals surface area (Å²) in [6.45, 7) is 5.92. The van der Waals surface area contributed by atoms with Crippen molar-refractivity contribution in [3.63, 3.8) is 0 Å². The maximum absolute atomic E-state index is 13.2. The molecule has 0 aromatic heterocycles. The van der Waals surface area contributed by atoms with Crippen molar-refractivity contribution in [3.05, 3.63) is 29.3 Å². The van der Waals surface area contributed by atoms with E-state index in [1.165, 1.54) is 23.9 Å². The first kappa shape index (κ1) is 18.3. The average Bonchev–Trinajstić information content (AvgIpc) is 2.36. The fraction of sp³-hybridized carbons (Fsp3) is 0.600. The molecule has 0 heterocycles. The molecule has 0 amide bonds. The molecule has 0 aliphatic rings. The summed E-state index contributed by atoms with van der Waals surface area (Å²) in [7, 11) is 0. The van der Waals surface area contributed by atoms with E-state index in [2.05, 4.69) is 5.32 Å². The lowest BCUT2D eigenvalue weighted by Crippen LogP contribution is -2.24. The molecule has 0 spiro atoms. The van der Waals surface area contributed by atoms with E-state index in [-0.39, 0.29) is 30.0 Å². The van der Waals surface area contributed by atoms with Crippen LogP contribution >= 0.6 is 11.8 Å². The number of aliphatic hydroxyl groups excluding tert-OH is 1. The highest BCUT2D eigenvalue weighted by Crippen LogP contribution is 2.36. The third-order valence-electron chi connectivity index (χ3n) is 2.96. The first-order valence-corrected chi connectivity index (χ1v) is 7.83. The molecule has 0 saturated heterocycles. The van der Waals surface area contributed by atoms with Gasteiger partial charge in [0.25, 0.3) is 0 Å². The Morgan fingerprint density at radius 3 is 2.43 bits per heavy atom. The molecule has 6 heteroatoms. The van der Waals surface area contributed by atoms with Gasteiger partial charge in [-0.15, -0.1) is 11.8 Å². The van der Waals surface area contributed by atoms with E-state index < -0.39 is 11.7 Å². The summed E-state index contributed by atoms with van der Waals surface area (Å²) in [6.07, 6.45) is -3.80. The van der Waals surface area contributed by atoms with Crippen LogP contribution in [0, 0.1) is 0 Å². The van der Waals surface area contributed by atoms with E-state index in [0.29, 0.717) is 11.3 Å². The molecule has 0 fully saturated rings. The summed E-state index contributed by atoms with van der Waals surface area (Å²) >= 11 is 1.35. The predicted molar refractivity (Wildman–Crippen MR) is 80.4 cm³/mol. The molecular weight excluding hydrogens is 299 g/mol. The minimum absolute atomic E-state index is 0.0384. The van der Waals surface area contributed by atoms with Gasteiger partial charge in [0.05, 0.1) is 5.56 Å². The van der Waals surface area contributed by atoms with Gasteiger partial charge in [-0.3, -0.25) is 0 Å². The van der Waals surface area contributed by atoms with E-state index in [9.17, 15) is 13.2 Å². The van der Waals surface area contributed by atoms with Crippen molar-refractivity contribution < 1.29 is 18.3 Å². The molecule has 0 aliphatic heterocycles. The van der Waals surface area contributed by atoms with Crippen LogP contribution in [0.5, 0.6) is 0 Å². The third kappa shape index (κ3) is 6.28. The van der Waals surface area contributed by atoms with Crippen molar-refractivity contribution in [2.45, 2.75) is 56.1 Å². The normalized spacial score (nSPS) is 13.7. The molecular formula is C15H22F3NOS. The molecule has 1 rings (SSSR count). The Morgan fingerprint density at radius 1 is 1.24 bits per heavy atom. The van der Waals surface area contributed by atoms with Gasteiger partial charge in [0.15, 0.2) is 0 Å². The third-order valence-corrected chi connectivity index (χ3v) is 4.12. The highest BCUT2D eigenvalue weighted by atomic mass is 32.2. The van der Waals surface area contributed by atoms with Crippen molar-refractivity contribution in [2.24, 2.45) is 0 Å². The molecule has 0 aliphatic carbocycles. The van der Waals surface area contributed by atoms with E-state index >= 15 is 0 Å². The number of benzene rings is 1. The van der Waals surface area contributed by atoms with E-state index in [1.807, 2.05) is 20.8 Å². The van der Waals surface area contributed by atoms with Crippen LogP contribution in [-0.4, -0.2) is 23.0 Å². The minimum Gasteiger partial charge on any atom is -0.396 e. The number of hydrogen-bond acceptors (Lipinski definition) is 3. The average molecular weight is 321 g/mol. The second-order valence-electron chi connectivity index (χ2n) is 5.29. The molecule has 0 bridgehead atoms. The number of nitrogens with one attached hydrogen (secondary N) is 1. The van der Waals surface area contributed by atoms with Gasteiger partial charge in [0.2, 0.25) is 0 Å². The molecule has 2 N–H and O–H groups in total. The number of thioether (sulfide) groups is 1. The quantitative estimate of drug-likeness (QED) is 0.743. The van der Waals surface area contributed by atoms with Gasteiger partial charge in [-0.2, -0.15) is 13.2 Å². The van der Waals surface area contributed by atoms with Gasteiger partial charge in [-0.05, 0) is 24.1 Å². The van der Waals surface area contributed by atoms with Crippen molar-refractivity contribution in [1.82, 2.24) is 5.32 Å². The van der Waals surface area contributed by atoms with Crippen LogP contribution < -0.4 is 5.32 Å². The van der Waals surface area contributed by atoms with Crippen LogP contribution in [-0.2, 0) is 12.7 Å². The number of alkyl halides is 3. The standard InChI is InChI=1S/C15H22F3NOS/c1-10(2)19-9-12-4-5-13(21-11(3)6-7-20)8-14(12)15(16,17)18/h4-5,8,10-11,19-20H,6-7,9H2,1-3H3. The predicted octanol–water partition coefficient (Wildman–Crippen LogP) is 4.07. The highest BCUT2D eigenvalue weighted by Gasteiger charge is 2.33. The van der Waals surface area contributed by atoms with Crippen LogP contribution in [0.4, 0.5) is 13.2 Å². The summed E-state index contributed by atoms with van der Waals surface area (Å²) in [5.74, 6) is 0. The zero-order valence-corrected chi connectivity index (χ0v) is 13.3. The largest absolute Gasteiger partial charge is 0.416 e. The van der Waals surface area contributed by atoms with Crippen LogP contribution in [0.3, 0.4) is 0 Å². The Labute approximate surface area is 128 Å². The maximum Gasteiger partial charge on any atom is 0.416 e. The lowest BCUT2D eigenvalue weighted by atomic mass is 10.1. The summed E-state index contributed by atoms with van der Waals surface area (Å²) in [6, 6.07) is 4.58. The Balaban J connectivity index is 2.96. The fourth-order valence-electron chi connectivity index (χ4n) is 1.83. The van der Waals surface area contributed by atoms with Crippen molar-refractivity contribution in [3.8, 4) is 0 Å². The van der Waals surface area contributed by atoms with Crippen molar-refractivity contribution in [2.75, 3.05) is 6.61 Å². The SMILES string of the molecule is CC(C)NCc1ccc(SC(C)CCO)cc1C(F)(F)F. The van der Waals surface area contributed by atoms with Gasteiger partial charge >= 0.3 is 6.18 Å². The highest BCUT2D eigenvalue weighted by molar-refractivity contribution is 7.99. The Kier molecular flexibility index (Phi) is 7.03. The summed E-state index contributed by atoms with van der Waals surface area (Å²) in [5, 5.41) is 12.0. The maximum atomic E-state index is 13.2. The summed E-state index contributed by atoms with van der Waals surface area (Å²) < 4.78 is 39.5. The lowest BCUT2D eigenvalue weighted by molar-refractivity contribution is -0.138. The second-order valence-corrected chi connectivity index (χ2v) is 6.80. The van der Waals surface area contributed by atoms with Gasteiger partial charge in [-0.25, -0.2) is 0 Å². The molecule has 21 heavy (non-hydrogen) atoms. The number of halogens is 3. The molecule has 1 aromatic rings. The van der Waals surface area contributed by atoms with E-state index in [1.54, 1.807) is 6.07 Å². The Bertz CT molecular complexity index is 449. The molecule has 0 radical (unpaired) electrons. The molecule has 1 unspecified atom stereocenters.